The lowest BCUT2D eigenvalue weighted by atomic mass is 10.2. The minimum Gasteiger partial charge on any atom is -0.478 e. The molecule has 1 amide bonds. The van der Waals surface area contributed by atoms with E-state index in [1.54, 1.807) is 0 Å². The molecule has 1 aromatic rings. The van der Waals surface area contributed by atoms with Gasteiger partial charge in [-0.2, -0.15) is 0 Å². The zero-order chi connectivity index (χ0) is 13.9. The number of carbonyl (C=O) groups excluding carboxylic acids is 1. The molecular weight excluding hydrogens is 255 g/mol. The molecule has 98 valence electrons. The minimum absolute atomic E-state index is 0.0643. The quantitative estimate of drug-likeness (QED) is 0.876. The summed E-state index contributed by atoms with van der Waals surface area (Å²) in [4.78, 5) is 21.5. The number of alkyl halides is 3. The summed E-state index contributed by atoms with van der Waals surface area (Å²) >= 11 is 0. The minimum atomic E-state index is -4.99. The van der Waals surface area contributed by atoms with Crippen LogP contribution in [0.15, 0.2) is 18.2 Å². The molecule has 0 saturated heterocycles. The van der Waals surface area contributed by atoms with Crippen molar-refractivity contribution in [1.29, 1.82) is 0 Å². The molecular formula is C10H8F3NO4. The van der Waals surface area contributed by atoms with Crippen LogP contribution in [0.3, 0.4) is 0 Å². The van der Waals surface area contributed by atoms with E-state index in [0.29, 0.717) is 0 Å². The molecule has 1 aromatic carbocycles. The standard InChI is InChI=1S/C10H8F3NO4/c1-5(15)14-6-2-3-8(18-10(11,12)13)7(4-6)9(16)17/h2-4H,1H3,(H,14,15)(H,16,17). The first-order valence-electron chi connectivity index (χ1n) is 4.60. The Hall–Kier alpha value is -2.25. The van der Waals surface area contributed by atoms with Crippen molar-refractivity contribution in [3.05, 3.63) is 23.8 Å². The van der Waals surface area contributed by atoms with Gasteiger partial charge in [0, 0.05) is 12.6 Å². The van der Waals surface area contributed by atoms with Crippen LogP contribution < -0.4 is 10.1 Å². The second-order valence-electron chi connectivity index (χ2n) is 3.25. The summed E-state index contributed by atoms with van der Waals surface area (Å²) in [7, 11) is 0. The van der Waals surface area contributed by atoms with Crippen molar-refractivity contribution in [2.45, 2.75) is 13.3 Å². The zero-order valence-corrected chi connectivity index (χ0v) is 9.04. The Morgan fingerprint density at radius 1 is 1.33 bits per heavy atom. The summed E-state index contributed by atoms with van der Waals surface area (Å²) in [6.45, 7) is 1.18. The second-order valence-corrected chi connectivity index (χ2v) is 3.25. The van der Waals surface area contributed by atoms with E-state index in [-0.39, 0.29) is 5.69 Å². The van der Waals surface area contributed by atoms with Gasteiger partial charge in [-0.3, -0.25) is 4.79 Å². The van der Waals surface area contributed by atoms with E-state index in [1.807, 2.05) is 0 Å². The topological polar surface area (TPSA) is 75.6 Å². The van der Waals surface area contributed by atoms with Gasteiger partial charge in [-0.25, -0.2) is 4.79 Å². The fourth-order valence-electron chi connectivity index (χ4n) is 1.19. The first-order chi connectivity index (χ1) is 8.19. The van der Waals surface area contributed by atoms with Crippen molar-refractivity contribution >= 4 is 17.6 Å². The molecule has 0 aliphatic carbocycles. The lowest BCUT2D eigenvalue weighted by Crippen LogP contribution is -2.19. The number of ether oxygens (including phenoxy) is 1. The molecule has 0 aromatic heterocycles. The van der Waals surface area contributed by atoms with Crippen molar-refractivity contribution in [1.82, 2.24) is 0 Å². The summed E-state index contributed by atoms with van der Waals surface area (Å²) in [6, 6.07) is 2.81. The van der Waals surface area contributed by atoms with Crippen LogP contribution in [-0.2, 0) is 4.79 Å². The Morgan fingerprint density at radius 3 is 2.39 bits per heavy atom. The van der Waals surface area contributed by atoms with Crippen LogP contribution in [0.4, 0.5) is 18.9 Å². The van der Waals surface area contributed by atoms with E-state index in [1.165, 1.54) is 6.92 Å². The highest BCUT2D eigenvalue weighted by molar-refractivity contribution is 5.95. The molecule has 5 nitrogen and oxygen atoms in total. The highest BCUT2D eigenvalue weighted by atomic mass is 19.4. The SMILES string of the molecule is CC(=O)Nc1ccc(OC(F)(F)F)c(C(=O)O)c1. The molecule has 0 fully saturated rings. The van der Waals surface area contributed by atoms with E-state index >= 15 is 0 Å². The average Bonchev–Trinajstić information content (AvgIpc) is 2.17. The maximum Gasteiger partial charge on any atom is 0.573 e. The molecule has 0 bridgehead atoms. The second kappa shape index (κ2) is 4.94. The van der Waals surface area contributed by atoms with Gasteiger partial charge in [0.1, 0.15) is 11.3 Å². The smallest absolute Gasteiger partial charge is 0.478 e. The number of carboxylic acid groups (broad SMARTS) is 1. The molecule has 18 heavy (non-hydrogen) atoms. The third-order valence-corrected chi connectivity index (χ3v) is 1.76. The van der Waals surface area contributed by atoms with Crippen molar-refractivity contribution in [2.24, 2.45) is 0 Å². The number of benzene rings is 1. The lowest BCUT2D eigenvalue weighted by molar-refractivity contribution is -0.274. The molecule has 2 N–H and O–H groups in total. The van der Waals surface area contributed by atoms with Gasteiger partial charge < -0.3 is 15.2 Å². The van der Waals surface area contributed by atoms with Crippen LogP contribution in [0.1, 0.15) is 17.3 Å². The number of aromatic carboxylic acids is 1. The first-order valence-corrected chi connectivity index (χ1v) is 4.60. The van der Waals surface area contributed by atoms with Gasteiger partial charge in [0.05, 0.1) is 0 Å². The van der Waals surface area contributed by atoms with E-state index < -0.39 is 29.6 Å². The third kappa shape index (κ3) is 3.96. The number of halogens is 3. The van der Waals surface area contributed by atoms with Crippen LogP contribution in [-0.4, -0.2) is 23.3 Å². The number of nitrogens with one attached hydrogen (secondary N) is 1. The van der Waals surface area contributed by atoms with Gasteiger partial charge in [-0.1, -0.05) is 0 Å². The fourth-order valence-corrected chi connectivity index (χ4v) is 1.19. The number of rotatable bonds is 3. The van der Waals surface area contributed by atoms with Crippen molar-refractivity contribution in [2.75, 3.05) is 5.32 Å². The number of hydrogen-bond donors (Lipinski definition) is 2. The Balaban J connectivity index is 3.12. The predicted molar refractivity (Wildman–Crippen MR) is 54.4 cm³/mol. The molecule has 0 atom stereocenters. The van der Waals surface area contributed by atoms with Gasteiger partial charge in [0.2, 0.25) is 5.91 Å². The van der Waals surface area contributed by atoms with Crippen LogP contribution in [0.25, 0.3) is 0 Å². The average molecular weight is 263 g/mol. The van der Waals surface area contributed by atoms with E-state index in [0.717, 1.165) is 18.2 Å². The van der Waals surface area contributed by atoms with Crippen LogP contribution in [0, 0.1) is 0 Å². The van der Waals surface area contributed by atoms with Crippen molar-refractivity contribution in [3.8, 4) is 5.75 Å². The molecule has 0 aliphatic heterocycles. The molecule has 8 heteroatoms. The largest absolute Gasteiger partial charge is 0.573 e. The Labute approximate surface area is 99.2 Å². The van der Waals surface area contributed by atoms with Crippen LogP contribution in [0.2, 0.25) is 0 Å². The molecule has 0 heterocycles. The van der Waals surface area contributed by atoms with Crippen molar-refractivity contribution < 1.29 is 32.6 Å². The maximum absolute atomic E-state index is 12.0. The summed E-state index contributed by atoms with van der Waals surface area (Å²) in [5.41, 5.74) is -0.631. The van der Waals surface area contributed by atoms with Gasteiger partial charge in [0.25, 0.3) is 0 Å². The predicted octanol–water partition coefficient (Wildman–Crippen LogP) is 2.24. The molecule has 0 saturated carbocycles. The molecule has 0 aliphatic rings. The zero-order valence-electron chi connectivity index (χ0n) is 9.04. The normalized spacial score (nSPS) is 10.9. The summed E-state index contributed by atoms with van der Waals surface area (Å²) in [5.74, 6) is -2.92. The highest BCUT2D eigenvalue weighted by Crippen LogP contribution is 2.28. The number of anilines is 1. The number of hydrogen-bond acceptors (Lipinski definition) is 3. The number of carboxylic acids is 1. The van der Waals surface area contributed by atoms with Gasteiger partial charge >= 0.3 is 12.3 Å². The maximum atomic E-state index is 12.0. The molecule has 0 unspecified atom stereocenters. The third-order valence-electron chi connectivity index (χ3n) is 1.76. The van der Waals surface area contributed by atoms with Crippen molar-refractivity contribution in [3.63, 3.8) is 0 Å². The Morgan fingerprint density at radius 2 is 1.94 bits per heavy atom. The van der Waals surface area contributed by atoms with E-state index in [9.17, 15) is 22.8 Å². The summed E-state index contributed by atoms with van der Waals surface area (Å²) < 4.78 is 39.6. The van der Waals surface area contributed by atoms with Crippen LogP contribution in [0.5, 0.6) is 5.75 Å². The van der Waals surface area contributed by atoms with E-state index in [4.69, 9.17) is 5.11 Å². The van der Waals surface area contributed by atoms with Gasteiger partial charge in [0.15, 0.2) is 0 Å². The first kappa shape index (κ1) is 13.8. The number of amides is 1. The summed E-state index contributed by atoms with van der Waals surface area (Å²) in [6.07, 6.45) is -4.99. The monoisotopic (exact) mass is 263 g/mol. The van der Waals surface area contributed by atoms with E-state index in [2.05, 4.69) is 10.1 Å². The molecule has 0 spiro atoms. The highest BCUT2D eigenvalue weighted by Gasteiger charge is 2.33. The number of carbonyl (C=O) groups is 2. The lowest BCUT2D eigenvalue weighted by Gasteiger charge is -2.12. The molecule has 1 rings (SSSR count). The van der Waals surface area contributed by atoms with Gasteiger partial charge in [-0.15, -0.1) is 13.2 Å². The Bertz CT molecular complexity index is 485. The summed E-state index contributed by atoms with van der Waals surface area (Å²) in [5, 5.41) is 11.0. The van der Waals surface area contributed by atoms with Gasteiger partial charge in [-0.05, 0) is 18.2 Å². The fraction of sp³-hybridized carbons (Fsp3) is 0.200. The Kier molecular flexibility index (Phi) is 3.79. The van der Waals surface area contributed by atoms with Crippen LogP contribution >= 0.6 is 0 Å². The molecule has 0 radical (unpaired) electrons.